The van der Waals surface area contributed by atoms with Crippen molar-refractivity contribution >= 4 is 11.7 Å². The lowest BCUT2D eigenvalue weighted by Crippen LogP contribution is -2.40. The predicted molar refractivity (Wildman–Crippen MR) is 89.1 cm³/mol. The summed E-state index contributed by atoms with van der Waals surface area (Å²) in [7, 11) is 0. The molecule has 0 aliphatic carbocycles. The third-order valence-corrected chi connectivity index (χ3v) is 3.59. The smallest absolute Gasteiger partial charge is 0.322 e. The van der Waals surface area contributed by atoms with Gasteiger partial charge < -0.3 is 15.0 Å². The third-order valence-electron chi connectivity index (χ3n) is 3.59. The maximum absolute atomic E-state index is 12.4. The van der Waals surface area contributed by atoms with Gasteiger partial charge in [0.15, 0.2) is 0 Å². The topological polar surface area (TPSA) is 67.3 Å². The number of hydrogen-bond acceptors (Lipinski definition) is 4. The van der Waals surface area contributed by atoms with Gasteiger partial charge in [0, 0.05) is 18.6 Å². The number of amides is 2. The van der Waals surface area contributed by atoms with Gasteiger partial charge in [-0.05, 0) is 12.8 Å². The number of nitrogens with zero attached hydrogens (tertiary/aromatic N) is 3. The molecule has 1 aromatic heterocycles. The third kappa shape index (κ3) is 4.93. The van der Waals surface area contributed by atoms with E-state index in [-0.39, 0.29) is 24.1 Å². The zero-order chi connectivity index (χ0) is 16.9. The second-order valence-corrected chi connectivity index (χ2v) is 6.70. The summed E-state index contributed by atoms with van der Waals surface area (Å²) >= 11 is 0. The molecule has 23 heavy (non-hydrogen) atoms. The summed E-state index contributed by atoms with van der Waals surface area (Å²) in [4.78, 5) is 22.6. The Morgan fingerprint density at radius 3 is 2.70 bits per heavy atom. The van der Waals surface area contributed by atoms with Gasteiger partial charge in [-0.1, -0.05) is 26.7 Å². The molecule has 0 radical (unpaired) electrons. The Morgan fingerprint density at radius 1 is 1.48 bits per heavy atom. The van der Waals surface area contributed by atoms with Gasteiger partial charge in [-0.3, -0.25) is 0 Å². The highest BCUT2D eigenvalue weighted by Gasteiger charge is 2.22. The molecule has 1 saturated heterocycles. The van der Waals surface area contributed by atoms with Crippen molar-refractivity contribution in [2.75, 3.05) is 25.0 Å². The highest BCUT2D eigenvalue weighted by atomic mass is 16.5. The molecule has 6 heteroatoms. The van der Waals surface area contributed by atoms with E-state index in [9.17, 15) is 4.79 Å². The molecule has 1 N–H and O–H groups in total. The van der Waals surface area contributed by atoms with Gasteiger partial charge >= 0.3 is 6.03 Å². The zero-order valence-corrected chi connectivity index (χ0v) is 14.0. The molecule has 0 saturated carbocycles. The SMILES string of the molecule is C#CCN(CC1CCCO1)C(=O)Nc1cnc(C(C)(C)C)nc1. The van der Waals surface area contributed by atoms with E-state index in [1.54, 1.807) is 17.3 Å². The average molecular weight is 316 g/mol. The minimum atomic E-state index is -0.259. The molecule has 1 unspecified atom stereocenters. The van der Waals surface area contributed by atoms with E-state index in [0.717, 1.165) is 25.3 Å². The number of ether oxygens (including phenoxy) is 1. The van der Waals surface area contributed by atoms with Crippen LogP contribution in [0.3, 0.4) is 0 Å². The van der Waals surface area contributed by atoms with Crippen LogP contribution in [0.15, 0.2) is 12.4 Å². The molecular formula is C17H24N4O2. The maximum Gasteiger partial charge on any atom is 0.322 e. The van der Waals surface area contributed by atoms with E-state index in [0.29, 0.717) is 12.2 Å². The Morgan fingerprint density at radius 2 is 2.17 bits per heavy atom. The number of aromatic nitrogens is 2. The molecular weight excluding hydrogens is 292 g/mol. The molecule has 2 rings (SSSR count). The summed E-state index contributed by atoms with van der Waals surface area (Å²) in [5, 5.41) is 2.79. The van der Waals surface area contributed by atoms with Crippen molar-refractivity contribution in [3.63, 3.8) is 0 Å². The number of carbonyl (C=O) groups is 1. The summed E-state index contributed by atoms with van der Waals surface area (Å²) in [6.07, 6.45) is 10.6. The van der Waals surface area contributed by atoms with Gasteiger partial charge in [0.1, 0.15) is 5.82 Å². The van der Waals surface area contributed by atoms with Crippen LogP contribution in [0.4, 0.5) is 10.5 Å². The summed E-state index contributed by atoms with van der Waals surface area (Å²) in [5.74, 6) is 3.25. The number of rotatable bonds is 4. The van der Waals surface area contributed by atoms with Crippen LogP contribution in [-0.4, -0.2) is 46.7 Å². The first-order valence-corrected chi connectivity index (χ1v) is 7.83. The Bertz CT molecular complexity index is 566. The summed E-state index contributed by atoms with van der Waals surface area (Å²) < 4.78 is 5.57. The van der Waals surface area contributed by atoms with Gasteiger partial charge in [-0.25, -0.2) is 14.8 Å². The number of carbonyl (C=O) groups excluding carboxylic acids is 1. The largest absolute Gasteiger partial charge is 0.376 e. The van der Waals surface area contributed by atoms with Gasteiger partial charge in [0.2, 0.25) is 0 Å². The van der Waals surface area contributed by atoms with E-state index in [4.69, 9.17) is 11.2 Å². The molecule has 1 atom stereocenters. The molecule has 2 amide bonds. The van der Waals surface area contributed by atoms with Crippen LogP contribution in [0.25, 0.3) is 0 Å². The lowest BCUT2D eigenvalue weighted by atomic mass is 9.96. The molecule has 0 spiro atoms. The van der Waals surface area contributed by atoms with E-state index < -0.39 is 0 Å². The number of anilines is 1. The van der Waals surface area contributed by atoms with E-state index in [1.807, 2.05) is 20.8 Å². The summed E-state index contributed by atoms with van der Waals surface area (Å²) in [6, 6.07) is -0.259. The Kier molecular flexibility index (Phi) is 5.56. The van der Waals surface area contributed by atoms with Gasteiger partial charge in [-0.2, -0.15) is 0 Å². The van der Waals surface area contributed by atoms with E-state index >= 15 is 0 Å². The van der Waals surface area contributed by atoms with Crippen LogP contribution in [-0.2, 0) is 10.2 Å². The molecule has 1 aromatic rings. The molecule has 0 bridgehead atoms. The van der Waals surface area contributed by atoms with Crippen molar-refractivity contribution < 1.29 is 9.53 Å². The summed E-state index contributed by atoms with van der Waals surface area (Å²) in [6.45, 7) is 7.60. The molecule has 124 valence electrons. The average Bonchev–Trinajstić information content (AvgIpc) is 2.99. The van der Waals surface area contributed by atoms with Crippen LogP contribution in [0.2, 0.25) is 0 Å². The first-order chi connectivity index (χ1) is 10.9. The Hall–Kier alpha value is -2.13. The normalized spacial score (nSPS) is 17.6. The first kappa shape index (κ1) is 17.2. The van der Waals surface area contributed by atoms with Crippen molar-refractivity contribution in [3.05, 3.63) is 18.2 Å². The van der Waals surface area contributed by atoms with Gasteiger partial charge in [0.05, 0.1) is 30.7 Å². The monoisotopic (exact) mass is 316 g/mol. The quantitative estimate of drug-likeness (QED) is 0.866. The first-order valence-electron chi connectivity index (χ1n) is 7.83. The van der Waals surface area contributed by atoms with Crippen LogP contribution in [0.1, 0.15) is 39.4 Å². The fourth-order valence-electron chi connectivity index (χ4n) is 2.35. The number of terminal acetylenes is 1. The molecule has 1 aliphatic rings. The summed E-state index contributed by atoms with van der Waals surface area (Å²) in [5.41, 5.74) is 0.426. The minimum absolute atomic E-state index is 0.0635. The second-order valence-electron chi connectivity index (χ2n) is 6.70. The maximum atomic E-state index is 12.4. The number of nitrogens with one attached hydrogen (secondary N) is 1. The van der Waals surface area contributed by atoms with Crippen LogP contribution >= 0.6 is 0 Å². The predicted octanol–water partition coefficient (Wildman–Crippen LogP) is 2.42. The van der Waals surface area contributed by atoms with Crippen molar-refractivity contribution in [1.29, 1.82) is 0 Å². The minimum Gasteiger partial charge on any atom is -0.376 e. The fourth-order valence-corrected chi connectivity index (χ4v) is 2.35. The molecule has 1 aliphatic heterocycles. The Labute approximate surface area is 137 Å². The lowest BCUT2D eigenvalue weighted by molar-refractivity contribution is 0.0867. The van der Waals surface area contributed by atoms with Crippen LogP contribution in [0.5, 0.6) is 0 Å². The fraction of sp³-hybridized carbons (Fsp3) is 0.588. The van der Waals surface area contributed by atoms with Crippen LogP contribution < -0.4 is 5.32 Å². The van der Waals surface area contributed by atoms with Crippen molar-refractivity contribution in [2.24, 2.45) is 0 Å². The zero-order valence-electron chi connectivity index (χ0n) is 14.0. The van der Waals surface area contributed by atoms with Crippen molar-refractivity contribution in [1.82, 2.24) is 14.9 Å². The van der Waals surface area contributed by atoms with Crippen LogP contribution in [0, 0.1) is 12.3 Å². The highest BCUT2D eigenvalue weighted by Crippen LogP contribution is 2.18. The molecule has 2 heterocycles. The second kappa shape index (κ2) is 7.42. The standard InChI is InChI=1S/C17H24N4O2/c1-5-8-21(12-14-7-6-9-23-14)16(22)20-13-10-18-15(19-11-13)17(2,3)4/h1,10-11,14H,6-9,12H2,2-4H3,(H,20,22). The Balaban J connectivity index is 1.98. The molecule has 1 fully saturated rings. The number of urea groups is 1. The lowest BCUT2D eigenvalue weighted by Gasteiger charge is -2.23. The molecule has 0 aromatic carbocycles. The van der Waals surface area contributed by atoms with Gasteiger partial charge in [0.25, 0.3) is 0 Å². The van der Waals surface area contributed by atoms with E-state index in [2.05, 4.69) is 21.2 Å². The highest BCUT2D eigenvalue weighted by molar-refractivity contribution is 5.89. The molecule has 6 nitrogen and oxygen atoms in total. The van der Waals surface area contributed by atoms with Gasteiger partial charge in [-0.15, -0.1) is 6.42 Å². The van der Waals surface area contributed by atoms with E-state index in [1.165, 1.54) is 0 Å². The van der Waals surface area contributed by atoms with Crippen molar-refractivity contribution in [2.45, 2.75) is 45.1 Å². The number of hydrogen-bond donors (Lipinski definition) is 1. The van der Waals surface area contributed by atoms with Crippen molar-refractivity contribution in [3.8, 4) is 12.3 Å².